The summed E-state index contributed by atoms with van der Waals surface area (Å²) in [4.78, 5) is 12.2. The first-order valence-corrected chi connectivity index (χ1v) is 8.91. The van der Waals surface area contributed by atoms with Gasteiger partial charge in [-0.1, -0.05) is 12.1 Å². The van der Waals surface area contributed by atoms with E-state index in [-0.39, 0.29) is 17.9 Å². The van der Waals surface area contributed by atoms with Gasteiger partial charge in [0.15, 0.2) is 0 Å². The molecule has 0 atom stereocenters. The fraction of sp³-hybridized carbons (Fsp3) is 0.250. The number of rotatable bonds is 4. The van der Waals surface area contributed by atoms with Gasteiger partial charge in [0.25, 0.3) is 0 Å². The molecule has 3 heterocycles. The number of ether oxygens (including phenoxy) is 1. The lowest BCUT2D eigenvalue weighted by Gasteiger charge is -2.24. The summed E-state index contributed by atoms with van der Waals surface area (Å²) in [5, 5.41) is 3.31. The van der Waals surface area contributed by atoms with Crippen LogP contribution in [-0.4, -0.2) is 34.1 Å². The number of hydrogen-bond donors (Lipinski definition) is 2. The van der Waals surface area contributed by atoms with Gasteiger partial charge < -0.3 is 15.8 Å². The van der Waals surface area contributed by atoms with Gasteiger partial charge in [0.2, 0.25) is 11.8 Å². The predicted octanol–water partition coefficient (Wildman–Crippen LogP) is 3.06. The van der Waals surface area contributed by atoms with Crippen molar-refractivity contribution >= 4 is 5.95 Å². The number of benzene rings is 1. The van der Waals surface area contributed by atoms with Crippen LogP contribution in [-0.2, 0) is 0 Å². The molecule has 27 heavy (non-hydrogen) atoms. The molecule has 138 valence electrons. The first-order chi connectivity index (χ1) is 13.2. The van der Waals surface area contributed by atoms with Crippen molar-refractivity contribution in [2.24, 2.45) is 0 Å². The largest absolute Gasteiger partial charge is 0.474 e. The Morgan fingerprint density at radius 3 is 2.52 bits per heavy atom. The Kier molecular flexibility index (Phi) is 4.93. The maximum atomic E-state index is 14.8. The van der Waals surface area contributed by atoms with E-state index in [4.69, 9.17) is 10.5 Å². The molecule has 3 N–H and O–H groups in total. The smallest absolute Gasteiger partial charge is 0.221 e. The van der Waals surface area contributed by atoms with E-state index in [0.717, 1.165) is 31.5 Å². The highest BCUT2D eigenvalue weighted by Crippen LogP contribution is 2.32. The van der Waals surface area contributed by atoms with Crippen molar-refractivity contribution in [3.8, 4) is 28.1 Å². The summed E-state index contributed by atoms with van der Waals surface area (Å²) in [6.45, 7) is 1.86. The molecule has 0 amide bonds. The maximum Gasteiger partial charge on any atom is 0.221 e. The average Bonchev–Trinajstić information content (AvgIpc) is 2.70. The minimum atomic E-state index is -0.363. The van der Waals surface area contributed by atoms with E-state index in [0.29, 0.717) is 22.6 Å². The molecule has 7 heteroatoms. The number of pyridine rings is 1. The molecular weight excluding hydrogens is 345 g/mol. The van der Waals surface area contributed by atoms with Gasteiger partial charge in [-0.15, -0.1) is 0 Å². The summed E-state index contributed by atoms with van der Waals surface area (Å²) in [7, 11) is 0. The van der Waals surface area contributed by atoms with Gasteiger partial charge in [0.05, 0.1) is 0 Å². The van der Waals surface area contributed by atoms with Gasteiger partial charge in [0, 0.05) is 35.3 Å². The number of hydrogen-bond acceptors (Lipinski definition) is 6. The molecule has 1 aliphatic heterocycles. The van der Waals surface area contributed by atoms with E-state index >= 15 is 0 Å². The van der Waals surface area contributed by atoms with Crippen LogP contribution < -0.4 is 15.8 Å². The summed E-state index contributed by atoms with van der Waals surface area (Å²) in [6, 6.07) is 8.76. The lowest BCUT2D eigenvalue weighted by Crippen LogP contribution is -2.34. The number of nitrogens with two attached hydrogens (primary N) is 1. The molecule has 1 aliphatic rings. The van der Waals surface area contributed by atoms with Gasteiger partial charge in [0.1, 0.15) is 11.9 Å². The highest BCUT2D eigenvalue weighted by molar-refractivity contribution is 5.73. The van der Waals surface area contributed by atoms with E-state index in [1.54, 1.807) is 12.3 Å². The van der Waals surface area contributed by atoms with Gasteiger partial charge in [-0.05, 0) is 49.7 Å². The lowest BCUT2D eigenvalue weighted by molar-refractivity contribution is 0.157. The third kappa shape index (κ3) is 3.88. The Labute approximate surface area is 156 Å². The van der Waals surface area contributed by atoms with Crippen molar-refractivity contribution in [2.45, 2.75) is 18.9 Å². The van der Waals surface area contributed by atoms with Crippen LogP contribution >= 0.6 is 0 Å². The zero-order chi connectivity index (χ0) is 18.6. The summed E-state index contributed by atoms with van der Waals surface area (Å²) in [5.41, 5.74) is 7.98. The van der Waals surface area contributed by atoms with E-state index < -0.39 is 0 Å². The van der Waals surface area contributed by atoms with Crippen LogP contribution in [0, 0.1) is 5.82 Å². The Morgan fingerprint density at radius 2 is 1.78 bits per heavy atom. The number of nitrogens with zero attached hydrogens (tertiary/aromatic N) is 3. The van der Waals surface area contributed by atoms with E-state index in [1.807, 2.05) is 18.2 Å². The van der Waals surface area contributed by atoms with Crippen molar-refractivity contribution in [3.63, 3.8) is 0 Å². The molecule has 0 bridgehead atoms. The molecule has 0 unspecified atom stereocenters. The Bertz CT molecular complexity index is 926. The lowest BCUT2D eigenvalue weighted by atomic mass is 10.0. The highest BCUT2D eigenvalue weighted by atomic mass is 19.1. The van der Waals surface area contributed by atoms with E-state index in [9.17, 15) is 4.39 Å². The third-order valence-electron chi connectivity index (χ3n) is 4.60. The average molecular weight is 365 g/mol. The molecule has 0 aliphatic carbocycles. The Balaban J connectivity index is 1.64. The van der Waals surface area contributed by atoms with Crippen molar-refractivity contribution in [3.05, 3.63) is 54.7 Å². The molecule has 3 aromatic rings. The van der Waals surface area contributed by atoms with Gasteiger partial charge in [-0.2, -0.15) is 0 Å². The van der Waals surface area contributed by atoms with Crippen LogP contribution in [0.25, 0.3) is 22.3 Å². The predicted molar refractivity (Wildman–Crippen MR) is 102 cm³/mol. The molecule has 1 fully saturated rings. The number of aromatic nitrogens is 3. The van der Waals surface area contributed by atoms with E-state index in [1.165, 1.54) is 18.5 Å². The fourth-order valence-corrected chi connectivity index (χ4v) is 3.17. The molecule has 0 saturated carbocycles. The van der Waals surface area contributed by atoms with Crippen LogP contribution in [0.15, 0.2) is 48.9 Å². The third-order valence-corrected chi connectivity index (χ3v) is 4.60. The fourth-order valence-electron chi connectivity index (χ4n) is 3.17. The van der Waals surface area contributed by atoms with Crippen molar-refractivity contribution in [2.75, 3.05) is 18.8 Å². The number of anilines is 1. The van der Waals surface area contributed by atoms with Crippen LogP contribution in [0.5, 0.6) is 5.88 Å². The van der Waals surface area contributed by atoms with Gasteiger partial charge >= 0.3 is 0 Å². The van der Waals surface area contributed by atoms with Crippen LogP contribution in [0.1, 0.15) is 12.8 Å². The molecule has 0 spiro atoms. The van der Waals surface area contributed by atoms with Crippen molar-refractivity contribution in [1.82, 2.24) is 20.3 Å². The van der Waals surface area contributed by atoms with Crippen molar-refractivity contribution in [1.29, 1.82) is 0 Å². The number of nitrogen functional groups attached to an aromatic ring is 1. The second-order valence-electron chi connectivity index (χ2n) is 6.45. The van der Waals surface area contributed by atoms with Gasteiger partial charge in [-0.3, -0.25) is 0 Å². The maximum absolute atomic E-state index is 14.8. The van der Waals surface area contributed by atoms with Crippen molar-refractivity contribution < 1.29 is 9.13 Å². The second-order valence-corrected chi connectivity index (χ2v) is 6.45. The zero-order valence-corrected chi connectivity index (χ0v) is 14.7. The quantitative estimate of drug-likeness (QED) is 0.739. The minimum absolute atomic E-state index is 0.121. The monoisotopic (exact) mass is 365 g/mol. The van der Waals surface area contributed by atoms with Gasteiger partial charge in [-0.25, -0.2) is 19.3 Å². The summed E-state index contributed by atoms with van der Waals surface area (Å²) >= 11 is 0. The second kappa shape index (κ2) is 7.67. The number of halogens is 1. The topological polar surface area (TPSA) is 86.0 Å². The SMILES string of the molecule is Nc1ncc(-c2ccc(-c3cccnc3OC3CCNCC3)cc2F)cn1. The zero-order valence-electron chi connectivity index (χ0n) is 14.7. The summed E-state index contributed by atoms with van der Waals surface area (Å²) in [6.07, 6.45) is 6.69. The molecule has 1 aromatic carbocycles. The number of piperidine rings is 1. The first kappa shape index (κ1) is 17.4. The molecule has 6 nitrogen and oxygen atoms in total. The molecular formula is C20H20FN5O. The minimum Gasteiger partial charge on any atom is -0.474 e. The number of nitrogens with one attached hydrogen (secondary N) is 1. The van der Waals surface area contributed by atoms with Crippen LogP contribution in [0.4, 0.5) is 10.3 Å². The van der Waals surface area contributed by atoms with Crippen LogP contribution in [0.2, 0.25) is 0 Å². The normalized spacial score (nSPS) is 14.9. The Hall–Kier alpha value is -3.06. The van der Waals surface area contributed by atoms with Crippen LogP contribution in [0.3, 0.4) is 0 Å². The molecule has 4 rings (SSSR count). The van der Waals surface area contributed by atoms with E-state index in [2.05, 4.69) is 20.3 Å². The summed E-state index contributed by atoms with van der Waals surface area (Å²) < 4.78 is 20.9. The first-order valence-electron chi connectivity index (χ1n) is 8.91. The molecule has 2 aromatic heterocycles. The standard InChI is InChI=1S/C20H20FN5O/c21-18-10-13(3-4-16(18)14-11-25-20(22)26-12-14)17-2-1-7-24-19(17)27-15-5-8-23-9-6-15/h1-4,7,10-12,15,23H,5-6,8-9H2,(H2,22,25,26). The summed E-state index contributed by atoms with van der Waals surface area (Å²) in [5.74, 6) is 0.329. The molecule has 1 saturated heterocycles. The molecule has 0 radical (unpaired) electrons. The Morgan fingerprint density at radius 1 is 1.00 bits per heavy atom. The highest BCUT2D eigenvalue weighted by Gasteiger charge is 2.18.